The molecule has 0 aromatic heterocycles. The van der Waals surface area contributed by atoms with Crippen molar-refractivity contribution in [2.24, 2.45) is 23.5 Å². The van der Waals surface area contributed by atoms with E-state index in [1.54, 1.807) is 0 Å². The van der Waals surface area contributed by atoms with Crippen molar-refractivity contribution in [3.8, 4) is 0 Å². The predicted molar refractivity (Wildman–Crippen MR) is 79.8 cm³/mol. The van der Waals surface area contributed by atoms with Gasteiger partial charge in [0.15, 0.2) is 0 Å². The Kier molecular flexibility index (Phi) is 4.19. The van der Waals surface area contributed by atoms with Crippen molar-refractivity contribution in [2.75, 3.05) is 13.1 Å². The first-order chi connectivity index (χ1) is 9.38. The number of nitrogens with two attached hydrogens (primary N) is 1. The second-order valence-electron chi connectivity index (χ2n) is 6.28. The molecular formula is C17H26N2. The van der Waals surface area contributed by atoms with Crippen molar-refractivity contribution in [3.05, 3.63) is 35.4 Å². The zero-order valence-electron chi connectivity index (χ0n) is 11.8. The lowest BCUT2D eigenvalue weighted by Crippen LogP contribution is -2.25. The van der Waals surface area contributed by atoms with Crippen LogP contribution in [0.15, 0.2) is 24.3 Å². The Bertz CT molecular complexity index is 395. The van der Waals surface area contributed by atoms with Gasteiger partial charge in [0, 0.05) is 6.54 Å². The van der Waals surface area contributed by atoms with Gasteiger partial charge in [-0.2, -0.15) is 0 Å². The van der Waals surface area contributed by atoms with Crippen LogP contribution in [0.3, 0.4) is 0 Å². The molecule has 0 heterocycles. The molecular weight excluding hydrogens is 232 g/mol. The summed E-state index contributed by atoms with van der Waals surface area (Å²) in [5, 5.41) is 3.70. The van der Waals surface area contributed by atoms with Crippen LogP contribution in [0, 0.1) is 17.8 Å². The average molecular weight is 258 g/mol. The molecule has 2 heteroatoms. The van der Waals surface area contributed by atoms with Gasteiger partial charge in [-0.25, -0.2) is 0 Å². The Morgan fingerprint density at radius 1 is 1.05 bits per heavy atom. The van der Waals surface area contributed by atoms with E-state index < -0.39 is 0 Å². The zero-order valence-corrected chi connectivity index (χ0v) is 11.8. The molecule has 2 aliphatic rings. The molecule has 0 unspecified atom stereocenters. The van der Waals surface area contributed by atoms with Crippen LogP contribution in [-0.2, 0) is 13.0 Å². The molecule has 2 nitrogen and oxygen atoms in total. The third-order valence-electron chi connectivity index (χ3n) is 4.68. The van der Waals surface area contributed by atoms with E-state index in [1.165, 1.54) is 43.4 Å². The van der Waals surface area contributed by atoms with Crippen molar-refractivity contribution in [1.29, 1.82) is 0 Å². The standard InChI is InChI=1S/C17H26N2/c18-10-9-13-3-1-2-4-16(13)11-19-12-17(14-5-6-14)15-7-8-15/h1-4,14-15,17,19H,5-12,18H2. The second kappa shape index (κ2) is 6.06. The molecule has 0 spiro atoms. The first-order valence-corrected chi connectivity index (χ1v) is 7.86. The molecule has 1 aromatic rings. The van der Waals surface area contributed by atoms with Gasteiger partial charge in [0.25, 0.3) is 0 Å². The molecule has 19 heavy (non-hydrogen) atoms. The Balaban J connectivity index is 1.51. The van der Waals surface area contributed by atoms with Crippen LogP contribution in [0.4, 0.5) is 0 Å². The van der Waals surface area contributed by atoms with Crippen LogP contribution in [0.2, 0.25) is 0 Å². The Morgan fingerprint density at radius 3 is 2.26 bits per heavy atom. The van der Waals surface area contributed by atoms with Crippen molar-refractivity contribution in [1.82, 2.24) is 5.32 Å². The van der Waals surface area contributed by atoms with Gasteiger partial charge < -0.3 is 11.1 Å². The topological polar surface area (TPSA) is 38.0 Å². The van der Waals surface area contributed by atoms with Gasteiger partial charge in [-0.3, -0.25) is 0 Å². The maximum absolute atomic E-state index is 5.68. The predicted octanol–water partition coefficient (Wildman–Crippen LogP) is 2.71. The molecule has 0 amide bonds. The van der Waals surface area contributed by atoms with E-state index in [-0.39, 0.29) is 0 Å². The van der Waals surface area contributed by atoms with Crippen molar-refractivity contribution in [3.63, 3.8) is 0 Å². The molecule has 3 rings (SSSR count). The normalized spacial score (nSPS) is 19.1. The van der Waals surface area contributed by atoms with E-state index in [9.17, 15) is 0 Å². The molecule has 2 saturated carbocycles. The number of hydrogen-bond donors (Lipinski definition) is 2. The maximum Gasteiger partial charge on any atom is 0.0208 e. The summed E-state index contributed by atoms with van der Waals surface area (Å²) in [6, 6.07) is 8.70. The highest BCUT2D eigenvalue weighted by molar-refractivity contribution is 5.27. The first-order valence-electron chi connectivity index (χ1n) is 7.86. The fourth-order valence-corrected chi connectivity index (χ4v) is 3.27. The Morgan fingerprint density at radius 2 is 1.68 bits per heavy atom. The quantitative estimate of drug-likeness (QED) is 0.752. The van der Waals surface area contributed by atoms with Crippen molar-refractivity contribution < 1.29 is 0 Å². The summed E-state index contributed by atoms with van der Waals surface area (Å²) >= 11 is 0. The Hall–Kier alpha value is -0.860. The van der Waals surface area contributed by atoms with Gasteiger partial charge in [-0.05, 0) is 74.1 Å². The van der Waals surface area contributed by atoms with Crippen LogP contribution in [0.5, 0.6) is 0 Å². The van der Waals surface area contributed by atoms with Gasteiger partial charge in [0.1, 0.15) is 0 Å². The highest BCUT2D eigenvalue weighted by Crippen LogP contribution is 2.48. The second-order valence-corrected chi connectivity index (χ2v) is 6.28. The van der Waals surface area contributed by atoms with E-state index in [0.717, 1.165) is 37.3 Å². The maximum atomic E-state index is 5.68. The fraction of sp³-hybridized carbons (Fsp3) is 0.647. The molecule has 2 fully saturated rings. The molecule has 3 N–H and O–H groups in total. The summed E-state index contributed by atoms with van der Waals surface area (Å²) in [6.07, 6.45) is 6.91. The van der Waals surface area contributed by atoms with Crippen LogP contribution >= 0.6 is 0 Å². The van der Waals surface area contributed by atoms with E-state index >= 15 is 0 Å². The van der Waals surface area contributed by atoms with Crippen molar-refractivity contribution in [2.45, 2.75) is 38.6 Å². The largest absolute Gasteiger partial charge is 0.330 e. The SMILES string of the molecule is NCCc1ccccc1CNCC(C1CC1)C1CC1. The minimum Gasteiger partial charge on any atom is -0.330 e. The van der Waals surface area contributed by atoms with E-state index in [1.807, 2.05) is 0 Å². The summed E-state index contributed by atoms with van der Waals surface area (Å²) in [4.78, 5) is 0. The zero-order chi connectivity index (χ0) is 13.1. The molecule has 1 aromatic carbocycles. The number of hydrogen-bond acceptors (Lipinski definition) is 2. The molecule has 0 radical (unpaired) electrons. The first kappa shape index (κ1) is 13.1. The minimum absolute atomic E-state index is 0.740. The van der Waals surface area contributed by atoms with E-state index in [4.69, 9.17) is 5.73 Å². The highest BCUT2D eigenvalue weighted by atomic mass is 14.9. The van der Waals surface area contributed by atoms with Gasteiger partial charge in [-0.15, -0.1) is 0 Å². The lowest BCUT2D eigenvalue weighted by atomic mass is 9.97. The van der Waals surface area contributed by atoms with Gasteiger partial charge >= 0.3 is 0 Å². The average Bonchev–Trinajstić information content (AvgIpc) is 3.28. The highest BCUT2D eigenvalue weighted by Gasteiger charge is 2.40. The molecule has 0 saturated heterocycles. The van der Waals surface area contributed by atoms with E-state index in [2.05, 4.69) is 29.6 Å². The summed E-state index contributed by atoms with van der Waals surface area (Å²) in [6.45, 7) is 2.96. The lowest BCUT2D eigenvalue weighted by Gasteiger charge is -2.17. The van der Waals surface area contributed by atoms with Crippen LogP contribution < -0.4 is 11.1 Å². The monoisotopic (exact) mass is 258 g/mol. The summed E-state index contributed by atoms with van der Waals surface area (Å²) < 4.78 is 0. The molecule has 104 valence electrons. The number of nitrogens with one attached hydrogen (secondary N) is 1. The summed E-state index contributed by atoms with van der Waals surface area (Å²) in [5.74, 6) is 3.04. The van der Waals surface area contributed by atoms with Crippen LogP contribution in [0.25, 0.3) is 0 Å². The van der Waals surface area contributed by atoms with Crippen LogP contribution in [-0.4, -0.2) is 13.1 Å². The molecule has 2 aliphatic carbocycles. The number of rotatable bonds is 8. The smallest absolute Gasteiger partial charge is 0.0208 e. The molecule has 0 atom stereocenters. The van der Waals surface area contributed by atoms with Crippen LogP contribution in [0.1, 0.15) is 36.8 Å². The Labute approximate surface area is 116 Å². The number of benzene rings is 1. The third kappa shape index (κ3) is 3.58. The summed E-state index contributed by atoms with van der Waals surface area (Å²) in [7, 11) is 0. The molecule has 0 aliphatic heterocycles. The fourth-order valence-electron chi connectivity index (χ4n) is 3.27. The summed E-state index contributed by atoms with van der Waals surface area (Å²) in [5.41, 5.74) is 8.52. The van der Waals surface area contributed by atoms with Crippen molar-refractivity contribution >= 4 is 0 Å². The lowest BCUT2D eigenvalue weighted by molar-refractivity contribution is 0.378. The third-order valence-corrected chi connectivity index (χ3v) is 4.68. The van der Waals surface area contributed by atoms with E-state index in [0.29, 0.717) is 0 Å². The molecule has 0 bridgehead atoms. The van der Waals surface area contributed by atoms with Gasteiger partial charge in [-0.1, -0.05) is 24.3 Å². The van der Waals surface area contributed by atoms with Gasteiger partial charge in [0.2, 0.25) is 0 Å². The van der Waals surface area contributed by atoms with Gasteiger partial charge in [0.05, 0.1) is 0 Å². The minimum atomic E-state index is 0.740.